The number of benzene rings is 3. The quantitative estimate of drug-likeness (QED) is 0.225. The lowest BCUT2D eigenvalue weighted by Crippen LogP contribution is -2.47. The number of piperidine rings is 1. The monoisotopic (exact) mass is 662 g/mol. The summed E-state index contributed by atoms with van der Waals surface area (Å²) in [6, 6.07) is 22.5. The van der Waals surface area contributed by atoms with E-state index in [0.29, 0.717) is 17.3 Å². The van der Waals surface area contributed by atoms with E-state index >= 15 is 0 Å². The van der Waals surface area contributed by atoms with E-state index in [1.54, 1.807) is 0 Å². The van der Waals surface area contributed by atoms with E-state index in [0.717, 1.165) is 49.1 Å². The minimum atomic E-state index is 0.372. The summed E-state index contributed by atoms with van der Waals surface area (Å²) in [6.45, 7) is 6.58. The van der Waals surface area contributed by atoms with Crippen molar-refractivity contribution < 1.29 is 0 Å². The van der Waals surface area contributed by atoms with Gasteiger partial charge in [0.05, 0.1) is 28.4 Å². The SMILES string of the molecule is CN1CCC(N(CCCN2c3ccccc3Sc3ccc(Cl)cc32)CCCN2c3cc(Cl)ccc3SC3C=CC=CC32)CC1. The third-order valence-corrected chi connectivity index (χ3v) is 12.3. The first-order chi connectivity index (χ1) is 21.5. The Balaban J connectivity index is 1.06. The van der Waals surface area contributed by atoms with Crippen molar-refractivity contribution in [1.82, 2.24) is 9.80 Å². The molecular formula is C36H40Cl2N4S2. The largest absolute Gasteiger partial charge is 0.363 e. The molecule has 0 bridgehead atoms. The van der Waals surface area contributed by atoms with Gasteiger partial charge in [0.25, 0.3) is 0 Å². The van der Waals surface area contributed by atoms with Crippen LogP contribution in [0.3, 0.4) is 0 Å². The van der Waals surface area contributed by atoms with Crippen molar-refractivity contribution in [3.05, 3.63) is 95.0 Å². The molecule has 8 heteroatoms. The van der Waals surface area contributed by atoms with Crippen LogP contribution in [0.25, 0.3) is 0 Å². The van der Waals surface area contributed by atoms with Crippen LogP contribution >= 0.6 is 46.7 Å². The molecule has 3 aromatic rings. The van der Waals surface area contributed by atoms with Crippen molar-refractivity contribution in [3.8, 4) is 0 Å². The van der Waals surface area contributed by atoms with E-state index in [2.05, 4.69) is 99.5 Å². The molecule has 3 aromatic carbocycles. The lowest BCUT2D eigenvalue weighted by atomic mass is 10.0. The number of likely N-dealkylation sites (tertiary alicyclic amines) is 1. The van der Waals surface area contributed by atoms with Crippen LogP contribution < -0.4 is 9.80 Å². The van der Waals surface area contributed by atoms with Crippen LogP contribution in [0, 0.1) is 0 Å². The molecule has 3 heterocycles. The standard InChI is InChI=1S/C36H40Cl2N4S2/c1-39-22-16-28(17-23-39)40(18-6-20-41-29-8-2-4-10-33(29)43-35-14-12-26(37)24-31(35)41)19-7-21-42-30-9-3-5-11-34(30)44-36-15-13-27(38)25-32(36)42/h2-5,8-15,24-25,28-29,33H,6-7,16-23H2,1H3. The molecule has 1 fully saturated rings. The lowest BCUT2D eigenvalue weighted by Gasteiger charge is -2.43. The highest BCUT2D eigenvalue weighted by Gasteiger charge is 2.33. The van der Waals surface area contributed by atoms with Gasteiger partial charge in [0.1, 0.15) is 0 Å². The Bertz CT molecular complexity index is 1540. The summed E-state index contributed by atoms with van der Waals surface area (Å²) < 4.78 is 0. The highest BCUT2D eigenvalue weighted by Crippen LogP contribution is 2.49. The van der Waals surface area contributed by atoms with Crippen LogP contribution in [-0.2, 0) is 0 Å². The molecule has 0 saturated carbocycles. The minimum absolute atomic E-state index is 0.372. The van der Waals surface area contributed by atoms with Crippen LogP contribution in [0.4, 0.5) is 17.1 Å². The number of hydrogen-bond acceptors (Lipinski definition) is 6. The summed E-state index contributed by atoms with van der Waals surface area (Å²) in [5.41, 5.74) is 3.81. The number of anilines is 3. The predicted molar refractivity (Wildman–Crippen MR) is 191 cm³/mol. The predicted octanol–water partition coefficient (Wildman–Crippen LogP) is 9.25. The van der Waals surface area contributed by atoms with Gasteiger partial charge in [-0.1, -0.05) is 71.4 Å². The third-order valence-electron chi connectivity index (χ3n) is 9.37. The van der Waals surface area contributed by atoms with Crippen molar-refractivity contribution in [2.75, 3.05) is 56.1 Å². The second kappa shape index (κ2) is 13.7. The second-order valence-corrected chi connectivity index (χ2v) is 15.4. The molecule has 0 amide bonds. The molecule has 230 valence electrons. The second-order valence-electron chi connectivity index (χ2n) is 12.3. The Morgan fingerprint density at radius 3 is 2.27 bits per heavy atom. The Kier molecular flexibility index (Phi) is 9.55. The van der Waals surface area contributed by atoms with Crippen LogP contribution in [0.1, 0.15) is 25.7 Å². The normalized spacial score (nSPS) is 21.3. The highest BCUT2D eigenvalue weighted by molar-refractivity contribution is 8.00. The number of fused-ring (bicyclic) bond motifs is 4. The highest BCUT2D eigenvalue weighted by atomic mass is 35.5. The number of allylic oxidation sites excluding steroid dienone is 2. The van der Waals surface area contributed by atoms with Gasteiger partial charge in [-0.3, -0.25) is 0 Å². The first kappa shape index (κ1) is 30.6. The average Bonchev–Trinajstić information content (AvgIpc) is 3.04. The van der Waals surface area contributed by atoms with Crippen molar-refractivity contribution in [2.45, 2.75) is 57.7 Å². The van der Waals surface area contributed by atoms with Gasteiger partial charge in [-0.25, -0.2) is 0 Å². The van der Waals surface area contributed by atoms with E-state index < -0.39 is 0 Å². The Morgan fingerprint density at radius 1 is 0.773 bits per heavy atom. The Labute approximate surface area is 281 Å². The van der Waals surface area contributed by atoms with E-state index in [9.17, 15) is 0 Å². The fourth-order valence-corrected chi connectivity index (χ4v) is 9.80. The number of para-hydroxylation sites is 1. The number of nitrogens with zero attached hydrogens (tertiary/aromatic N) is 4. The Hall–Kier alpha value is -2.06. The van der Waals surface area contributed by atoms with Crippen molar-refractivity contribution in [1.29, 1.82) is 0 Å². The molecule has 4 aliphatic rings. The van der Waals surface area contributed by atoms with Gasteiger partial charge >= 0.3 is 0 Å². The van der Waals surface area contributed by atoms with Crippen LogP contribution in [0.15, 0.2) is 99.7 Å². The molecule has 0 radical (unpaired) electrons. The fraction of sp³-hybridized carbons (Fsp3) is 0.389. The molecular weight excluding hydrogens is 623 g/mol. The van der Waals surface area contributed by atoms with E-state index in [4.69, 9.17) is 23.2 Å². The summed E-state index contributed by atoms with van der Waals surface area (Å²) in [7, 11) is 2.26. The van der Waals surface area contributed by atoms with Gasteiger partial charge < -0.3 is 19.6 Å². The summed E-state index contributed by atoms with van der Waals surface area (Å²) in [4.78, 5) is 14.3. The summed E-state index contributed by atoms with van der Waals surface area (Å²) in [6.07, 6.45) is 13.9. The maximum atomic E-state index is 6.52. The van der Waals surface area contributed by atoms with E-state index in [-0.39, 0.29) is 0 Å². The first-order valence-electron chi connectivity index (χ1n) is 15.9. The van der Waals surface area contributed by atoms with Crippen molar-refractivity contribution in [2.24, 2.45) is 0 Å². The van der Waals surface area contributed by atoms with Gasteiger partial charge in [-0.15, -0.1) is 11.8 Å². The topological polar surface area (TPSA) is 13.0 Å². The lowest BCUT2D eigenvalue weighted by molar-refractivity contribution is 0.119. The zero-order chi connectivity index (χ0) is 30.0. The summed E-state index contributed by atoms with van der Waals surface area (Å²) >= 11 is 16.8. The molecule has 4 nitrogen and oxygen atoms in total. The maximum absolute atomic E-state index is 6.52. The number of thioether (sulfide) groups is 1. The van der Waals surface area contributed by atoms with Gasteiger partial charge in [-0.05, 0) is 94.4 Å². The number of hydrogen-bond donors (Lipinski definition) is 0. The maximum Gasteiger partial charge on any atom is 0.0634 e. The molecule has 2 atom stereocenters. The number of halogens is 2. The average molecular weight is 664 g/mol. The van der Waals surface area contributed by atoms with Crippen molar-refractivity contribution >= 4 is 63.8 Å². The van der Waals surface area contributed by atoms with Crippen LogP contribution in [0.2, 0.25) is 10.0 Å². The Morgan fingerprint density at radius 2 is 1.45 bits per heavy atom. The molecule has 1 saturated heterocycles. The van der Waals surface area contributed by atoms with E-state index in [1.165, 1.54) is 57.7 Å². The molecule has 0 aromatic heterocycles. The molecule has 7 rings (SSSR count). The number of rotatable bonds is 9. The first-order valence-corrected chi connectivity index (χ1v) is 18.3. The smallest absolute Gasteiger partial charge is 0.0634 e. The molecule has 1 aliphatic carbocycles. The zero-order valence-electron chi connectivity index (χ0n) is 25.2. The molecule has 3 aliphatic heterocycles. The summed E-state index contributed by atoms with van der Waals surface area (Å²) in [5, 5.41) is 2.06. The zero-order valence-corrected chi connectivity index (χ0v) is 28.4. The van der Waals surface area contributed by atoms with Gasteiger partial charge in [-0.2, -0.15) is 0 Å². The fourth-order valence-electron chi connectivity index (χ4n) is 7.11. The molecule has 0 N–H and O–H groups in total. The van der Waals surface area contributed by atoms with Gasteiger partial charge in [0.2, 0.25) is 0 Å². The summed E-state index contributed by atoms with van der Waals surface area (Å²) in [5.74, 6) is 0. The van der Waals surface area contributed by atoms with Gasteiger partial charge in [0, 0.05) is 57.0 Å². The van der Waals surface area contributed by atoms with Crippen molar-refractivity contribution in [3.63, 3.8) is 0 Å². The van der Waals surface area contributed by atoms with E-state index in [1.807, 2.05) is 35.7 Å². The molecule has 2 unspecified atom stereocenters. The van der Waals surface area contributed by atoms with Gasteiger partial charge in [0.15, 0.2) is 0 Å². The van der Waals surface area contributed by atoms with Crippen LogP contribution in [0.5, 0.6) is 0 Å². The molecule has 0 spiro atoms. The van der Waals surface area contributed by atoms with Crippen LogP contribution in [-0.4, -0.2) is 73.4 Å². The minimum Gasteiger partial charge on any atom is -0.363 e. The third kappa shape index (κ3) is 6.58. The molecule has 44 heavy (non-hydrogen) atoms.